The van der Waals surface area contributed by atoms with Gasteiger partial charge in [-0.25, -0.2) is 4.79 Å². The minimum atomic E-state index is -3.15. The van der Waals surface area contributed by atoms with Crippen LogP contribution in [0.3, 0.4) is 0 Å². The molecule has 5 aromatic rings. The van der Waals surface area contributed by atoms with Crippen LogP contribution >= 0.6 is 0 Å². The molecule has 1 amide bonds. The van der Waals surface area contributed by atoms with Crippen molar-refractivity contribution in [3.05, 3.63) is 156 Å². The Morgan fingerprint density at radius 2 is 1.10 bits per heavy atom. The molecule has 0 bridgehead atoms. The van der Waals surface area contributed by atoms with Crippen LogP contribution in [-0.2, 0) is 72.6 Å². The molecule has 0 aliphatic carbocycles. The molecular weight excluding hydrogens is 931 g/mol. The van der Waals surface area contributed by atoms with E-state index in [1.807, 2.05) is 103 Å². The molecule has 7 atom stereocenters. The van der Waals surface area contributed by atoms with Gasteiger partial charge in [0.2, 0.25) is 0 Å². The summed E-state index contributed by atoms with van der Waals surface area (Å²) in [5.74, 6) is 0. The van der Waals surface area contributed by atoms with Gasteiger partial charge >= 0.3 is 23.2 Å². The van der Waals surface area contributed by atoms with Gasteiger partial charge in [-0.05, 0) is 61.3 Å². The summed E-state index contributed by atoms with van der Waals surface area (Å²) in [5, 5.41) is 2.31. The van der Waals surface area contributed by atoms with Crippen LogP contribution in [0.25, 0.3) is 10.8 Å². The third-order valence-corrected chi connectivity index (χ3v) is 23.9. The van der Waals surface area contributed by atoms with Gasteiger partial charge in [0.1, 0.15) is 30.5 Å². The molecule has 0 spiro atoms. The number of carbonyl (C=O) groups excluding carboxylic acids is 1. The molecule has 71 heavy (non-hydrogen) atoms. The molecule has 0 saturated carbocycles. The van der Waals surface area contributed by atoms with Crippen molar-refractivity contribution in [3.63, 3.8) is 0 Å². The van der Waals surface area contributed by atoms with Crippen molar-refractivity contribution in [2.75, 3.05) is 33.9 Å². The summed E-state index contributed by atoms with van der Waals surface area (Å²) in [5.41, 5.74) is 4.33. The molecule has 2 fully saturated rings. The van der Waals surface area contributed by atoms with E-state index in [-0.39, 0.29) is 55.2 Å². The molecule has 0 radical (unpaired) electrons. The van der Waals surface area contributed by atoms with Gasteiger partial charge < -0.3 is 51.0 Å². The summed E-state index contributed by atoms with van der Waals surface area (Å²) >= 11 is 0. The topological polar surface area (TPSA) is 113 Å². The third kappa shape index (κ3) is 13.9. The van der Waals surface area contributed by atoms with Crippen molar-refractivity contribution in [2.24, 2.45) is 0 Å². The fourth-order valence-corrected chi connectivity index (χ4v) is 20.9. The summed E-state index contributed by atoms with van der Waals surface area (Å²) in [4.78, 5) is 15.1. The third-order valence-electron chi connectivity index (χ3n) is 13.6. The molecule has 7 rings (SSSR count). The Morgan fingerprint density at radius 3 is 1.63 bits per heavy atom. The summed E-state index contributed by atoms with van der Waals surface area (Å²) in [6.07, 6.45) is -6.11. The van der Waals surface area contributed by atoms with Crippen LogP contribution in [0.15, 0.2) is 133 Å². The predicted octanol–water partition coefficient (Wildman–Crippen LogP) is 11.9. The lowest BCUT2D eigenvalue weighted by Gasteiger charge is -2.51. The predicted molar refractivity (Wildman–Crippen MR) is 281 cm³/mol. The number of hydrogen-bond acceptors (Lipinski definition) is 11. The fraction of sp³-hybridized carbons (Fsp3) is 0.491. The molecule has 12 nitrogen and oxygen atoms in total. The summed E-state index contributed by atoms with van der Waals surface area (Å²) < 4.78 is 69.7. The van der Waals surface area contributed by atoms with Gasteiger partial charge in [0, 0.05) is 14.1 Å². The minimum Gasteiger partial charge on any atom is -0.438 e. The number of ether oxygens (including phenoxy) is 7. The smallest absolute Gasteiger partial charge is 0.409 e. The maximum atomic E-state index is 13.7. The van der Waals surface area contributed by atoms with Crippen LogP contribution in [0.4, 0.5) is 4.79 Å². The maximum Gasteiger partial charge on any atom is 0.409 e. The molecule has 0 aromatic heterocycles. The van der Waals surface area contributed by atoms with Crippen molar-refractivity contribution < 1.29 is 50.9 Å². The van der Waals surface area contributed by atoms with Crippen LogP contribution in [0, 0.1) is 0 Å². The van der Waals surface area contributed by atoms with Crippen LogP contribution in [0.2, 0.25) is 22.2 Å². The van der Waals surface area contributed by atoms with Crippen molar-refractivity contribution in [1.82, 2.24) is 4.90 Å². The first kappa shape index (κ1) is 54.5. The van der Waals surface area contributed by atoms with Crippen LogP contribution < -0.4 is 0 Å². The van der Waals surface area contributed by atoms with E-state index in [0.29, 0.717) is 13.2 Å². The van der Waals surface area contributed by atoms with Crippen LogP contribution in [0.5, 0.6) is 0 Å². The standard InChI is InChI=1S/C57H77NO11Si2/c1-40(2)70(41(3)4)65-39-52-54(68-71(69-70,42(5)6)43(7)8)55(67-57(59)58(9)10)56(66-52)64-38-51(62-35-45-24-16-12-17-25-45)53(63-36-46-26-18-13-19-27-46)50(61-34-44-22-14-11-15-23-44)37-60-33-47-30-31-48-28-20-21-29-49(48)32-47/h11-32,40-43,50-56H,33-39H2,1-10H3/t50?,51?,52-,53?,54?,55?,56-/m1/s1. The highest BCUT2D eigenvalue weighted by Crippen LogP contribution is 2.48. The van der Waals surface area contributed by atoms with E-state index in [1.54, 1.807) is 14.1 Å². The number of nitrogens with zero attached hydrogens (tertiary/aromatic N) is 1. The van der Waals surface area contributed by atoms with Gasteiger partial charge in [0.15, 0.2) is 12.4 Å². The number of carbonyl (C=O) groups is 1. The zero-order valence-electron chi connectivity index (χ0n) is 43.4. The first-order valence-corrected chi connectivity index (χ1v) is 29.3. The van der Waals surface area contributed by atoms with Crippen LogP contribution in [-0.4, -0.2) is 105 Å². The quantitative estimate of drug-likeness (QED) is 0.0583. The summed E-state index contributed by atoms with van der Waals surface area (Å²) in [6.45, 7) is 18.9. The van der Waals surface area contributed by atoms with E-state index in [4.69, 9.17) is 46.1 Å². The largest absolute Gasteiger partial charge is 0.438 e. The molecule has 5 aromatic carbocycles. The lowest BCUT2D eigenvalue weighted by Crippen LogP contribution is -2.66. The fourth-order valence-electron chi connectivity index (χ4n) is 9.65. The number of hydrogen-bond donors (Lipinski definition) is 0. The maximum absolute atomic E-state index is 13.7. The van der Waals surface area contributed by atoms with E-state index in [1.165, 1.54) is 4.90 Å². The van der Waals surface area contributed by atoms with Gasteiger partial charge in [0.25, 0.3) is 0 Å². The first-order chi connectivity index (χ1) is 34.2. The summed E-state index contributed by atoms with van der Waals surface area (Å²) in [6, 6.07) is 44.8. The second-order valence-corrected chi connectivity index (χ2v) is 29.1. The monoisotopic (exact) mass is 1010 g/mol. The number of benzene rings is 5. The lowest BCUT2D eigenvalue weighted by atomic mass is 10.1. The molecule has 5 unspecified atom stereocenters. The Hall–Kier alpha value is -4.30. The average Bonchev–Trinajstić information content (AvgIpc) is 3.67. The van der Waals surface area contributed by atoms with E-state index in [2.05, 4.69) is 85.7 Å². The van der Waals surface area contributed by atoms with Crippen molar-refractivity contribution >= 4 is 34.0 Å². The highest BCUT2D eigenvalue weighted by atomic mass is 28.5. The van der Waals surface area contributed by atoms with Gasteiger partial charge in [-0.1, -0.05) is 183 Å². The molecule has 14 heteroatoms. The molecule has 0 N–H and O–H groups in total. The van der Waals surface area contributed by atoms with Gasteiger partial charge in [-0.2, -0.15) is 0 Å². The Morgan fingerprint density at radius 1 is 0.592 bits per heavy atom. The number of amides is 1. The van der Waals surface area contributed by atoms with Crippen molar-refractivity contribution in [2.45, 2.75) is 147 Å². The Bertz CT molecular complexity index is 2360. The Balaban J connectivity index is 1.24. The van der Waals surface area contributed by atoms with Crippen molar-refractivity contribution in [3.8, 4) is 0 Å². The van der Waals surface area contributed by atoms with E-state index < -0.39 is 66.1 Å². The first-order valence-electron chi connectivity index (χ1n) is 25.4. The summed E-state index contributed by atoms with van der Waals surface area (Å²) in [7, 11) is -2.76. The molecule has 2 saturated heterocycles. The highest BCUT2D eigenvalue weighted by molar-refractivity contribution is 6.84. The average molecular weight is 1010 g/mol. The Labute approximate surface area is 424 Å². The zero-order valence-corrected chi connectivity index (χ0v) is 45.4. The normalized spacial score (nSPS) is 21.2. The van der Waals surface area contributed by atoms with Gasteiger partial charge in [-0.15, -0.1) is 0 Å². The second kappa shape index (κ2) is 25.6. The molecule has 2 aliphatic heterocycles. The van der Waals surface area contributed by atoms with Crippen molar-refractivity contribution in [1.29, 1.82) is 0 Å². The zero-order chi connectivity index (χ0) is 50.5. The van der Waals surface area contributed by atoms with Crippen LogP contribution in [0.1, 0.15) is 77.6 Å². The number of fused-ring (bicyclic) bond motifs is 2. The molecule has 384 valence electrons. The van der Waals surface area contributed by atoms with E-state index in [0.717, 1.165) is 33.0 Å². The lowest BCUT2D eigenvalue weighted by molar-refractivity contribution is -0.218. The molecule has 2 aliphatic rings. The second-order valence-electron chi connectivity index (χ2n) is 20.3. The van der Waals surface area contributed by atoms with Gasteiger partial charge in [-0.3, -0.25) is 0 Å². The highest BCUT2D eigenvalue weighted by Gasteiger charge is 2.62. The Kier molecular flexibility index (Phi) is 19.6. The van der Waals surface area contributed by atoms with E-state index in [9.17, 15) is 4.79 Å². The number of rotatable bonds is 23. The SMILES string of the molecule is CC(C)[Si]1(C(C)C)OC[C@H]2O[C@@H](OCC(OCc3ccccc3)C(OCc3ccccc3)C(COCc3ccc4ccccc4c3)OCc3ccccc3)C(OC(=O)N(C)C)C2O[Si](C(C)C)(C(C)C)O1. The van der Waals surface area contributed by atoms with Gasteiger partial charge in [0.05, 0.1) is 46.2 Å². The van der Waals surface area contributed by atoms with E-state index >= 15 is 0 Å². The minimum absolute atomic E-state index is 0.0345. The molecule has 2 heterocycles. The molecular formula is C57H77NO11Si2.